The van der Waals surface area contributed by atoms with E-state index in [2.05, 4.69) is 4.98 Å². The fourth-order valence-corrected chi connectivity index (χ4v) is 4.82. The van der Waals surface area contributed by atoms with Crippen LogP contribution in [0.3, 0.4) is 0 Å². The molecule has 20 heavy (non-hydrogen) atoms. The van der Waals surface area contributed by atoms with E-state index in [1.54, 1.807) is 10.6 Å². The van der Waals surface area contributed by atoms with Crippen LogP contribution < -0.4 is 5.73 Å². The van der Waals surface area contributed by atoms with Crippen LogP contribution in [0.4, 0.5) is 10.3 Å². The van der Waals surface area contributed by atoms with Crippen molar-refractivity contribution in [2.45, 2.75) is 18.9 Å². The standard InChI is InChI=1S/C12H13FIN3O2S/c13-8-4-11-10(5-9(8)14)16-12(15)17(11)7-2-1-3-20(18,19)6-7/h4-5,7H,1-3,6H2,(H2,15,16). The molecule has 0 saturated carbocycles. The monoisotopic (exact) mass is 409 g/mol. The Kier molecular flexibility index (Phi) is 3.39. The lowest BCUT2D eigenvalue weighted by Crippen LogP contribution is -2.28. The molecule has 3 rings (SSSR count). The van der Waals surface area contributed by atoms with Gasteiger partial charge in [-0.2, -0.15) is 0 Å². The third-order valence-electron chi connectivity index (χ3n) is 3.56. The fourth-order valence-electron chi connectivity index (χ4n) is 2.70. The number of halogens is 2. The molecular weight excluding hydrogens is 396 g/mol. The minimum Gasteiger partial charge on any atom is -0.369 e. The molecule has 1 saturated heterocycles. The predicted octanol–water partition coefficient (Wildman–Crippen LogP) is 2.11. The third kappa shape index (κ3) is 2.39. The van der Waals surface area contributed by atoms with E-state index in [9.17, 15) is 12.8 Å². The summed E-state index contributed by atoms with van der Waals surface area (Å²) in [6, 6.07) is 2.73. The molecule has 2 heterocycles. The Balaban J connectivity index is 2.16. The highest BCUT2D eigenvalue weighted by atomic mass is 127. The Labute approximate surface area is 129 Å². The van der Waals surface area contributed by atoms with Crippen molar-refractivity contribution in [2.24, 2.45) is 0 Å². The van der Waals surface area contributed by atoms with Crippen LogP contribution in [0, 0.1) is 9.39 Å². The van der Waals surface area contributed by atoms with Crippen molar-refractivity contribution < 1.29 is 12.8 Å². The maximum atomic E-state index is 13.7. The molecule has 0 aliphatic carbocycles. The molecule has 1 atom stereocenters. The Hall–Kier alpha value is -0.900. The number of benzene rings is 1. The van der Waals surface area contributed by atoms with Crippen molar-refractivity contribution in [3.8, 4) is 0 Å². The van der Waals surface area contributed by atoms with Gasteiger partial charge >= 0.3 is 0 Å². The van der Waals surface area contributed by atoms with E-state index in [4.69, 9.17) is 5.73 Å². The number of nitrogen functional groups attached to an aromatic ring is 1. The van der Waals surface area contributed by atoms with E-state index >= 15 is 0 Å². The van der Waals surface area contributed by atoms with E-state index in [0.717, 1.165) is 0 Å². The van der Waals surface area contributed by atoms with E-state index in [0.29, 0.717) is 27.4 Å². The van der Waals surface area contributed by atoms with Crippen LogP contribution >= 0.6 is 22.6 Å². The first-order chi connectivity index (χ1) is 9.37. The molecule has 1 aromatic carbocycles. The lowest BCUT2D eigenvalue weighted by Gasteiger charge is -2.24. The molecule has 1 fully saturated rings. The topological polar surface area (TPSA) is 78.0 Å². The number of imidazole rings is 1. The van der Waals surface area contributed by atoms with Crippen LogP contribution in [0.5, 0.6) is 0 Å². The smallest absolute Gasteiger partial charge is 0.201 e. The largest absolute Gasteiger partial charge is 0.369 e. The highest BCUT2D eigenvalue weighted by Crippen LogP contribution is 2.31. The van der Waals surface area contributed by atoms with Crippen LogP contribution in [0.25, 0.3) is 11.0 Å². The number of hydrogen-bond acceptors (Lipinski definition) is 4. The van der Waals surface area contributed by atoms with Gasteiger partial charge in [0.1, 0.15) is 5.82 Å². The number of hydrogen-bond donors (Lipinski definition) is 1. The minimum absolute atomic E-state index is 0.0380. The summed E-state index contributed by atoms with van der Waals surface area (Å²) in [6.07, 6.45) is 1.31. The molecule has 0 spiro atoms. The average Bonchev–Trinajstić information content (AvgIpc) is 2.64. The van der Waals surface area contributed by atoms with E-state index in [-0.39, 0.29) is 29.3 Å². The lowest BCUT2D eigenvalue weighted by atomic mass is 10.1. The summed E-state index contributed by atoms with van der Waals surface area (Å²) in [5.41, 5.74) is 7.06. The van der Waals surface area contributed by atoms with Crippen LogP contribution in [0.1, 0.15) is 18.9 Å². The Morgan fingerprint density at radius 1 is 1.45 bits per heavy atom. The first kappa shape index (κ1) is 14.1. The second kappa shape index (κ2) is 4.83. The Morgan fingerprint density at radius 2 is 2.20 bits per heavy atom. The Morgan fingerprint density at radius 3 is 2.90 bits per heavy atom. The molecule has 2 aromatic rings. The molecule has 1 unspecified atom stereocenters. The summed E-state index contributed by atoms with van der Waals surface area (Å²) in [5, 5.41) is 0. The van der Waals surface area contributed by atoms with Gasteiger partial charge in [-0.25, -0.2) is 17.8 Å². The van der Waals surface area contributed by atoms with Gasteiger partial charge < -0.3 is 10.3 Å². The Bertz CT molecular complexity index is 788. The molecule has 0 bridgehead atoms. The highest BCUT2D eigenvalue weighted by Gasteiger charge is 2.28. The summed E-state index contributed by atoms with van der Waals surface area (Å²) in [4.78, 5) is 4.21. The molecule has 0 radical (unpaired) electrons. The summed E-state index contributed by atoms with van der Waals surface area (Å²) in [7, 11) is -3.06. The van der Waals surface area contributed by atoms with Gasteiger partial charge in [-0.3, -0.25) is 0 Å². The summed E-state index contributed by atoms with van der Waals surface area (Å²) in [5.74, 6) is 0.139. The quantitative estimate of drug-likeness (QED) is 0.732. The van der Waals surface area contributed by atoms with Crippen molar-refractivity contribution in [3.63, 3.8) is 0 Å². The van der Waals surface area contributed by atoms with Crippen molar-refractivity contribution in [3.05, 3.63) is 21.5 Å². The van der Waals surface area contributed by atoms with Gasteiger partial charge in [0.25, 0.3) is 0 Å². The third-order valence-corrected chi connectivity index (χ3v) is 6.19. The summed E-state index contributed by atoms with van der Waals surface area (Å²) in [6.45, 7) is 0. The molecule has 0 amide bonds. The number of anilines is 1. The van der Waals surface area contributed by atoms with Crippen molar-refractivity contribution >= 4 is 49.4 Å². The summed E-state index contributed by atoms with van der Waals surface area (Å²) >= 11 is 1.89. The molecule has 5 nitrogen and oxygen atoms in total. The van der Waals surface area contributed by atoms with Gasteiger partial charge in [0.2, 0.25) is 5.95 Å². The number of aromatic nitrogens is 2. The van der Waals surface area contributed by atoms with Gasteiger partial charge in [-0.15, -0.1) is 0 Å². The molecule has 108 valence electrons. The van der Waals surface area contributed by atoms with E-state index in [1.165, 1.54) is 6.07 Å². The number of fused-ring (bicyclic) bond motifs is 1. The average molecular weight is 409 g/mol. The maximum Gasteiger partial charge on any atom is 0.201 e. The number of nitrogens with zero attached hydrogens (tertiary/aromatic N) is 2. The summed E-state index contributed by atoms with van der Waals surface area (Å²) < 4.78 is 39.4. The van der Waals surface area contributed by atoms with Gasteiger partial charge in [0, 0.05) is 6.07 Å². The SMILES string of the molecule is Nc1nc2cc(I)c(F)cc2n1C1CCCS(=O)(=O)C1. The zero-order chi connectivity index (χ0) is 14.5. The lowest BCUT2D eigenvalue weighted by molar-refractivity contribution is 0.483. The molecule has 1 aliphatic heterocycles. The van der Waals surface area contributed by atoms with Crippen molar-refractivity contribution in [2.75, 3.05) is 17.2 Å². The first-order valence-electron chi connectivity index (χ1n) is 6.20. The van der Waals surface area contributed by atoms with Crippen LogP contribution in [-0.2, 0) is 9.84 Å². The first-order valence-corrected chi connectivity index (χ1v) is 9.10. The number of rotatable bonds is 1. The van der Waals surface area contributed by atoms with Crippen molar-refractivity contribution in [1.29, 1.82) is 0 Å². The number of sulfone groups is 1. The number of nitrogens with two attached hydrogens (primary N) is 1. The maximum absolute atomic E-state index is 13.7. The van der Waals surface area contributed by atoms with E-state index < -0.39 is 9.84 Å². The molecule has 1 aliphatic rings. The van der Waals surface area contributed by atoms with Crippen LogP contribution in [0.15, 0.2) is 12.1 Å². The predicted molar refractivity (Wildman–Crippen MR) is 83.7 cm³/mol. The zero-order valence-corrected chi connectivity index (χ0v) is 13.5. The van der Waals surface area contributed by atoms with Gasteiger partial charge in [-0.05, 0) is 41.5 Å². The van der Waals surface area contributed by atoms with Crippen LogP contribution in [-0.4, -0.2) is 29.5 Å². The van der Waals surface area contributed by atoms with Gasteiger partial charge in [-0.1, -0.05) is 0 Å². The molecule has 1 aromatic heterocycles. The second-order valence-corrected chi connectivity index (χ2v) is 8.40. The van der Waals surface area contributed by atoms with Crippen molar-refractivity contribution in [1.82, 2.24) is 9.55 Å². The van der Waals surface area contributed by atoms with E-state index in [1.807, 2.05) is 22.6 Å². The zero-order valence-electron chi connectivity index (χ0n) is 10.5. The second-order valence-electron chi connectivity index (χ2n) is 5.01. The normalized spacial score (nSPS) is 22.2. The molecule has 2 N–H and O–H groups in total. The fraction of sp³-hybridized carbons (Fsp3) is 0.417. The molecule has 8 heteroatoms. The van der Waals surface area contributed by atoms with Crippen LogP contribution in [0.2, 0.25) is 0 Å². The highest BCUT2D eigenvalue weighted by molar-refractivity contribution is 14.1. The van der Waals surface area contributed by atoms with Gasteiger partial charge in [0.05, 0.1) is 32.2 Å². The van der Waals surface area contributed by atoms with Gasteiger partial charge in [0.15, 0.2) is 9.84 Å². The minimum atomic E-state index is -3.06. The molecular formula is C12H13FIN3O2S.